The average molecular weight is 415 g/mol. The highest BCUT2D eigenvalue weighted by molar-refractivity contribution is 5.37. The highest BCUT2D eigenvalue weighted by Crippen LogP contribution is 2.35. The van der Waals surface area contributed by atoms with Gasteiger partial charge in [-0.05, 0) is 79.7 Å². The van der Waals surface area contributed by atoms with Crippen LogP contribution in [0.4, 0.5) is 0 Å². The first kappa shape index (κ1) is 23.7. The van der Waals surface area contributed by atoms with E-state index < -0.39 is 0 Å². The third-order valence-corrected chi connectivity index (χ3v) is 6.91. The summed E-state index contributed by atoms with van der Waals surface area (Å²) in [6.45, 7) is 4.53. The Morgan fingerprint density at radius 1 is 0.645 bits per heavy atom. The lowest BCUT2D eigenvalue weighted by molar-refractivity contribution is 0.384. The number of hydrogen-bond acceptors (Lipinski definition) is 0. The quantitative estimate of drug-likeness (QED) is 0.269. The van der Waals surface area contributed by atoms with E-state index in [0.717, 1.165) is 5.92 Å². The van der Waals surface area contributed by atoms with Gasteiger partial charge in [0.15, 0.2) is 0 Å². The van der Waals surface area contributed by atoms with E-state index in [0.29, 0.717) is 5.92 Å². The molecule has 0 radical (unpaired) electrons. The van der Waals surface area contributed by atoms with Crippen molar-refractivity contribution in [1.82, 2.24) is 0 Å². The molecule has 0 aliphatic heterocycles. The molecule has 0 heteroatoms. The Balaban J connectivity index is 1.40. The highest BCUT2D eigenvalue weighted by Gasteiger charge is 2.21. The number of benzene rings is 2. The Hall–Kier alpha value is -2.00. The minimum atomic E-state index is 0.568. The third-order valence-electron chi connectivity index (χ3n) is 6.91. The molecule has 0 amide bonds. The van der Waals surface area contributed by atoms with Crippen LogP contribution in [0.25, 0.3) is 0 Å². The molecule has 0 aromatic heterocycles. The number of aryl methyl sites for hydroxylation is 2. The van der Waals surface area contributed by atoms with Gasteiger partial charge in [-0.1, -0.05) is 101 Å². The van der Waals surface area contributed by atoms with Crippen LogP contribution >= 0.6 is 0 Å². The molecule has 0 N–H and O–H groups in total. The highest BCUT2D eigenvalue weighted by atomic mass is 14.2. The van der Waals surface area contributed by atoms with Crippen LogP contribution in [0.3, 0.4) is 0 Å². The van der Waals surface area contributed by atoms with Crippen molar-refractivity contribution in [3.63, 3.8) is 0 Å². The summed E-state index contributed by atoms with van der Waals surface area (Å²) in [7, 11) is 0. The SMILES string of the molecule is CCCCCCCCc1ccc(C#CC2CCC(c3ccc(CCC)cc3)CC2)cc1. The minimum absolute atomic E-state index is 0.568. The van der Waals surface area contributed by atoms with Crippen LogP contribution in [0.5, 0.6) is 0 Å². The van der Waals surface area contributed by atoms with Crippen LogP contribution < -0.4 is 0 Å². The van der Waals surface area contributed by atoms with Gasteiger partial charge in [-0.25, -0.2) is 0 Å². The topological polar surface area (TPSA) is 0 Å². The third kappa shape index (κ3) is 8.22. The lowest BCUT2D eigenvalue weighted by Gasteiger charge is -2.26. The van der Waals surface area contributed by atoms with Crippen molar-refractivity contribution in [3.8, 4) is 11.8 Å². The lowest BCUT2D eigenvalue weighted by Crippen LogP contribution is -2.12. The predicted molar refractivity (Wildman–Crippen MR) is 136 cm³/mol. The van der Waals surface area contributed by atoms with E-state index in [9.17, 15) is 0 Å². The maximum absolute atomic E-state index is 3.58. The fourth-order valence-electron chi connectivity index (χ4n) is 4.87. The van der Waals surface area contributed by atoms with Crippen LogP contribution in [0.2, 0.25) is 0 Å². The molecule has 0 saturated heterocycles. The zero-order valence-electron chi connectivity index (χ0n) is 20.0. The van der Waals surface area contributed by atoms with Gasteiger partial charge in [0.05, 0.1) is 0 Å². The van der Waals surface area contributed by atoms with E-state index in [-0.39, 0.29) is 0 Å². The van der Waals surface area contributed by atoms with E-state index in [1.54, 1.807) is 0 Å². The number of unbranched alkanes of at least 4 members (excludes halogenated alkanes) is 5. The fourth-order valence-corrected chi connectivity index (χ4v) is 4.87. The van der Waals surface area contributed by atoms with Crippen LogP contribution in [0.15, 0.2) is 48.5 Å². The second kappa shape index (κ2) is 13.4. The molecular formula is C31H42. The van der Waals surface area contributed by atoms with Crippen molar-refractivity contribution in [2.24, 2.45) is 5.92 Å². The minimum Gasteiger partial charge on any atom is -0.0945 e. The first-order valence-electron chi connectivity index (χ1n) is 13.0. The van der Waals surface area contributed by atoms with Gasteiger partial charge in [-0.2, -0.15) is 0 Å². The Kier molecular flexibility index (Phi) is 10.2. The molecule has 1 aliphatic carbocycles. The molecule has 1 aliphatic rings. The van der Waals surface area contributed by atoms with Gasteiger partial charge in [0.2, 0.25) is 0 Å². The van der Waals surface area contributed by atoms with E-state index in [4.69, 9.17) is 0 Å². The molecule has 166 valence electrons. The normalized spacial score (nSPS) is 18.4. The van der Waals surface area contributed by atoms with Gasteiger partial charge in [-0.3, -0.25) is 0 Å². The van der Waals surface area contributed by atoms with Gasteiger partial charge in [0.1, 0.15) is 0 Å². The summed E-state index contributed by atoms with van der Waals surface area (Å²) in [5, 5.41) is 0. The average Bonchev–Trinajstić information content (AvgIpc) is 2.82. The molecular weight excluding hydrogens is 372 g/mol. The van der Waals surface area contributed by atoms with Crippen molar-refractivity contribution >= 4 is 0 Å². The monoisotopic (exact) mass is 414 g/mol. The summed E-state index contributed by atoms with van der Waals surface area (Å²) in [6, 6.07) is 18.4. The van der Waals surface area contributed by atoms with E-state index in [1.165, 1.54) is 106 Å². The van der Waals surface area contributed by atoms with Gasteiger partial charge in [0, 0.05) is 11.5 Å². The smallest absolute Gasteiger partial charge is 0.0245 e. The van der Waals surface area contributed by atoms with Crippen LogP contribution in [-0.2, 0) is 12.8 Å². The Bertz CT molecular complexity index is 792. The second-order valence-corrected chi connectivity index (χ2v) is 9.52. The Morgan fingerprint density at radius 2 is 1.26 bits per heavy atom. The molecule has 0 atom stereocenters. The van der Waals surface area contributed by atoms with E-state index in [2.05, 4.69) is 74.2 Å². The first-order valence-corrected chi connectivity index (χ1v) is 13.0. The van der Waals surface area contributed by atoms with E-state index in [1.807, 2.05) is 0 Å². The molecule has 0 unspecified atom stereocenters. The predicted octanol–water partition coefficient (Wildman–Crippen LogP) is 8.87. The summed E-state index contributed by atoms with van der Waals surface area (Å²) in [6.07, 6.45) is 16.9. The molecule has 1 fully saturated rings. The first-order chi connectivity index (χ1) is 15.3. The molecule has 1 saturated carbocycles. The number of hydrogen-bond donors (Lipinski definition) is 0. The molecule has 3 rings (SSSR count). The summed E-state index contributed by atoms with van der Waals surface area (Å²) >= 11 is 0. The Labute approximate surface area is 191 Å². The lowest BCUT2D eigenvalue weighted by atomic mass is 9.78. The van der Waals surface area contributed by atoms with Crippen molar-refractivity contribution in [1.29, 1.82) is 0 Å². The molecule has 0 bridgehead atoms. The maximum Gasteiger partial charge on any atom is 0.0245 e. The standard InChI is InChI=1S/C31H42/c1-3-5-6-7-8-9-11-27-12-14-28(15-13-27)16-17-29-20-24-31(25-21-29)30-22-18-26(10-4-2)19-23-30/h12-15,18-19,22-23,29,31H,3-11,20-21,24-25H2,1-2H3. The second-order valence-electron chi connectivity index (χ2n) is 9.52. The van der Waals surface area contributed by atoms with Crippen molar-refractivity contribution in [3.05, 3.63) is 70.8 Å². The largest absolute Gasteiger partial charge is 0.0945 e. The summed E-state index contributed by atoms with van der Waals surface area (Å²) in [5.74, 6) is 8.33. The van der Waals surface area contributed by atoms with Gasteiger partial charge < -0.3 is 0 Å². The van der Waals surface area contributed by atoms with Crippen LogP contribution in [-0.4, -0.2) is 0 Å². The van der Waals surface area contributed by atoms with Gasteiger partial charge in [-0.15, -0.1) is 0 Å². The van der Waals surface area contributed by atoms with Gasteiger partial charge in [0.25, 0.3) is 0 Å². The summed E-state index contributed by atoms with van der Waals surface area (Å²) < 4.78 is 0. The molecule has 31 heavy (non-hydrogen) atoms. The number of rotatable bonds is 10. The van der Waals surface area contributed by atoms with Crippen molar-refractivity contribution in [2.45, 2.75) is 103 Å². The molecule has 0 nitrogen and oxygen atoms in total. The van der Waals surface area contributed by atoms with Crippen molar-refractivity contribution in [2.75, 3.05) is 0 Å². The molecule has 0 spiro atoms. The van der Waals surface area contributed by atoms with Crippen LogP contribution in [0.1, 0.15) is 113 Å². The summed E-state index contributed by atoms with van der Waals surface area (Å²) in [5.41, 5.74) is 5.66. The zero-order valence-corrected chi connectivity index (χ0v) is 20.0. The van der Waals surface area contributed by atoms with Crippen molar-refractivity contribution < 1.29 is 0 Å². The Morgan fingerprint density at radius 3 is 1.94 bits per heavy atom. The molecule has 0 heterocycles. The van der Waals surface area contributed by atoms with Crippen LogP contribution in [0, 0.1) is 17.8 Å². The zero-order chi connectivity index (χ0) is 21.7. The maximum atomic E-state index is 3.58. The molecule has 2 aromatic carbocycles. The van der Waals surface area contributed by atoms with E-state index >= 15 is 0 Å². The summed E-state index contributed by atoms with van der Waals surface area (Å²) in [4.78, 5) is 0. The fraction of sp³-hybridized carbons (Fsp3) is 0.548. The van der Waals surface area contributed by atoms with Gasteiger partial charge >= 0.3 is 0 Å². The molecule has 2 aromatic rings.